The summed E-state index contributed by atoms with van der Waals surface area (Å²) in [6.45, 7) is 3.56. The fourth-order valence-corrected chi connectivity index (χ4v) is 4.58. The highest BCUT2D eigenvalue weighted by Gasteiger charge is 2.28. The van der Waals surface area contributed by atoms with Crippen molar-refractivity contribution in [3.8, 4) is 5.82 Å². The standard InChI is InChI=1S/C22H31N5O/c28-22(18-10-11-21(23-16-18)27-15-7-12-24-27)25-20-9-4-3-8-19(20)17-26-13-5-1-2-6-14-26/h7,10-12,15-16,19-20H,1-6,8-9,13-14,17H2,(H,25,28)/t19-,20+/m0/s1. The number of nitrogens with one attached hydrogen (secondary N) is 1. The molecule has 0 spiro atoms. The van der Waals surface area contributed by atoms with E-state index >= 15 is 0 Å². The van der Waals surface area contributed by atoms with Gasteiger partial charge in [-0.15, -0.1) is 0 Å². The van der Waals surface area contributed by atoms with E-state index in [0.717, 1.165) is 18.8 Å². The van der Waals surface area contributed by atoms with Gasteiger partial charge in [0, 0.05) is 31.2 Å². The van der Waals surface area contributed by atoms with Crippen LogP contribution in [0, 0.1) is 5.92 Å². The number of carbonyl (C=O) groups is 1. The predicted octanol–water partition coefficient (Wildman–Crippen LogP) is 3.43. The quantitative estimate of drug-likeness (QED) is 0.862. The maximum Gasteiger partial charge on any atom is 0.253 e. The molecule has 1 saturated heterocycles. The van der Waals surface area contributed by atoms with Crippen LogP contribution in [-0.2, 0) is 0 Å². The molecule has 0 radical (unpaired) electrons. The summed E-state index contributed by atoms with van der Waals surface area (Å²) >= 11 is 0. The van der Waals surface area contributed by atoms with Crippen molar-refractivity contribution in [2.75, 3.05) is 19.6 Å². The second-order valence-corrected chi connectivity index (χ2v) is 8.20. The number of likely N-dealkylation sites (tertiary alicyclic amines) is 1. The molecule has 28 heavy (non-hydrogen) atoms. The average molecular weight is 382 g/mol. The fraction of sp³-hybridized carbons (Fsp3) is 0.591. The summed E-state index contributed by atoms with van der Waals surface area (Å²) in [4.78, 5) is 19.8. The van der Waals surface area contributed by atoms with Crippen molar-refractivity contribution in [2.24, 2.45) is 5.92 Å². The van der Waals surface area contributed by atoms with Crippen LogP contribution in [0.3, 0.4) is 0 Å². The first-order valence-corrected chi connectivity index (χ1v) is 10.8. The lowest BCUT2D eigenvalue weighted by Crippen LogP contribution is -2.46. The number of rotatable bonds is 5. The zero-order valence-corrected chi connectivity index (χ0v) is 16.6. The molecule has 0 aromatic carbocycles. The van der Waals surface area contributed by atoms with Gasteiger partial charge in [0.25, 0.3) is 5.91 Å². The fourth-order valence-electron chi connectivity index (χ4n) is 4.58. The Morgan fingerprint density at radius 3 is 2.61 bits per heavy atom. The van der Waals surface area contributed by atoms with Gasteiger partial charge in [-0.3, -0.25) is 4.79 Å². The number of hydrogen-bond acceptors (Lipinski definition) is 4. The smallest absolute Gasteiger partial charge is 0.253 e. The van der Waals surface area contributed by atoms with Gasteiger partial charge in [0.2, 0.25) is 0 Å². The molecule has 2 fully saturated rings. The number of aromatic nitrogens is 3. The number of amides is 1. The molecule has 2 aliphatic rings. The molecule has 2 aromatic heterocycles. The molecular formula is C22H31N5O. The molecule has 0 bridgehead atoms. The molecule has 4 rings (SSSR count). The second-order valence-electron chi connectivity index (χ2n) is 8.20. The van der Waals surface area contributed by atoms with Gasteiger partial charge in [0.1, 0.15) is 0 Å². The van der Waals surface area contributed by atoms with E-state index in [0.29, 0.717) is 11.5 Å². The van der Waals surface area contributed by atoms with Crippen LogP contribution < -0.4 is 5.32 Å². The summed E-state index contributed by atoms with van der Waals surface area (Å²) in [5.41, 5.74) is 0.620. The van der Waals surface area contributed by atoms with Crippen LogP contribution in [-0.4, -0.2) is 51.2 Å². The van der Waals surface area contributed by atoms with Crippen LogP contribution in [0.2, 0.25) is 0 Å². The third-order valence-electron chi connectivity index (χ3n) is 6.17. The average Bonchev–Trinajstić information content (AvgIpc) is 3.15. The summed E-state index contributed by atoms with van der Waals surface area (Å²) in [5, 5.41) is 7.49. The number of nitrogens with zero attached hydrogens (tertiary/aromatic N) is 4. The zero-order chi connectivity index (χ0) is 19.2. The van der Waals surface area contributed by atoms with E-state index < -0.39 is 0 Å². The van der Waals surface area contributed by atoms with Gasteiger partial charge in [0.15, 0.2) is 5.82 Å². The van der Waals surface area contributed by atoms with Crippen molar-refractivity contribution in [1.82, 2.24) is 25.0 Å². The Morgan fingerprint density at radius 1 is 1.07 bits per heavy atom. The van der Waals surface area contributed by atoms with Crippen LogP contribution >= 0.6 is 0 Å². The zero-order valence-electron chi connectivity index (χ0n) is 16.6. The molecule has 0 unspecified atom stereocenters. The Kier molecular flexibility index (Phi) is 6.37. The van der Waals surface area contributed by atoms with E-state index in [1.165, 1.54) is 58.0 Å². The molecule has 2 aromatic rings. The third-order valence-corrected chi connectivity index (χ3v) is 6.17. The molecule has 1 saturated carbocycles. The first-order valence-electron chi connectivity index (χ1n) is 10.8. The van der Waals surface area contributed by atoms with Gasteiger partial charge < -0.3 is 10.2 Å². The minimum atomic E-state index is -0.00715. The van der Waals surface area contributed by atoms with Gasteiger partial charge in [-0.2, -0.15) is 5.10 Å². The molecule has 3 heterocycles. The maximum absolute atomic E-state index is 12.8. The lowest BCUT2D eigenvalue weighted by atomic mass is 9.84. The first kappa shape index (κ1) is 19.1. The Hall–Kier alpha value is -2.21. The van der Waals surface area contributed by atoms with Crippen LogP contribution in [0.5, 0.6) is 0 Å². The predicted molar refractivity (Wildman–Crippen MR) is 109 cm³/mol. The van der Waals surface area contributed by atoms with E-state index in [9.17, 15) is 4.79 Å². The van der Waals surface area contributed by atoms with Gasteiger partial charge in [0.05, 0.1) is 5.56 Å². The second kappa shape index (κ2) is 9.32. The highest BCUT2D eigenvalue weighted by Crippen LogP contribution is 2.26. The van der Waals surface area contributed by atoms with Gasteiger partial charge in [-0.25, -0.2) is 9.67 Å². The van der Waals surface area contributed by atoms with Crippen molar-refractivity contribution in [3.63, 3.8) is 0 Å². The van der Waals surface area contributed by atoms with Gasteiger partial charge in [-0.1, -0.05) is 25.7 Å². The summed E-state index contributed by atoms with van der Waals surface area (Å²) in [6, 6.07) is 5.81. The van der Waals surface area contributed by atoms with Crippen molar-refractivity contribution < 1.29 is 4.79 Å². The molecule has 150 valence electrons. The van der Waals surface area contributed by atoms with Crippen molar-refractivity contribution in [2.45, 2.75) is 57.4 Å². The maximum atomic E-state index is 12.8. The highest BCUT2D eigenvalue weighted by atomic mass is 16.1. The lowest BCUT2D eigenvalue weighted by molar-refractivity contribution is 0.0885. The van der Waals surface area contributed by atoms with Crippen LogP contribution in [0.1, 0.15) is 61.7 Å². The minimum absolute atomic E-state index is 0.00715. The minimum Gasteiger partial charge on any atom is -0.349 e. The third kappa shape index (κ3) is 4.79. The SMILES string of the molecule is O=C(N[C@@H]1CCCC[C@H]1CN1CCCCCC1)c1ccc(-n2cccn2)nc1. The topological polar surface area (TPSA) is 63.1 Å². The highest BCUT2D eigenvalue weighted by molar-refractivity contribution is 5.94. The van der Waals surface area contributed by atoms with E-state index in [4.69, 9.17) is 0 Å². The van der Waals surface area contributed by atoms with Gasteiger partial charge >= 0.3 is 0 Å². The molecule has 1 aliphatic carbocycles. The number of pyridine rings is 1. The van der Waals surface area contributed by atoms with Crippen molar-refractivity contribution >= 4 is 5.91 Å². The van der Waals surface area contributed by atoms with Crippen LogP contribution in [0.4, 0.5) is 0 Å². The molecule has 1 aliphatic heterocycles. The van der Waals surface area contributed by atoms with E-state index in [1.807, 2.05) is 24.4 Å². The Labute approximate surface area is 167 Å². The molecule has 2 atom stereocenters. The lowest BCUT2D eigenvalue weighted by Gasteiger charge is -2.35. The van der Waals surface area contributed by atoms with Crippen molar-refractivity contribution in [1.29, 1.82) is 0 Å². The monoisotopic (exact) mass is 381 g/mol. The Balaban J connectivity index is 1.37. The molecular weight excluding hydrogens is 350 g/mol. The van der Waals surface area contributed by atoms with E-state index in [1.54, 1.807) is 17.1 Å². The first-order chi connectivity index (χ1) is 13.8. The van der Waals surface area contributed by atoms with Crippen LogP contribution in [0.15, 0.2) is 36.8 Å². The summed E-state index contributed by atoms with van der Waals surface area (Å²) in [6.07, 6.45) is 15.4. The molecule has 6 nitrogen and oxygen atoms in total. The van der Waals surface area contributed by atoms with E-state index in [2.05, 4.69) is 20.3 Å². The number of carbonyl (C=O) groups excluding carboxylic acids is 1. The molecule has 1 amide bonds. The largest absolute Gasteiger partial charge is 0.349 e. The van der Waals surface area contributed by atoms with Gasteiger partial charge in [-0.05, 0) is 62.9 Å². The number of hydrogen-bond donors (Lipinski definition) is 1. The Morgan fingerprint density at radius 2 is 1.89 bits per heavy atom. The molecule has 6 heteroatoms. The normalized spacial score (nSPS) is 23.9. The van der Waals surface area contributed by atoms with Crippen LogP contribution in [0.25, 0.3) is 5.82 Å². The molecule has 1 N–H and O–H groups in total. The van der Waals surface area contributed by atoms with E-state index in [-0.39, 0.29) is 11.9 Å². The Bertz CT molecular complexity index is 735. The van der Waals surface area contributed by atoms with Crippen molar-refractivity contribution in [3.05, 3.63) is 42.4 Å². The summed E-state index contributed by atoms with van der Waals surface area (Å²) in [5.74, 6) is 1.28. The summed E-state index contributed by atoms with van der Waals surface area (Å²) < 4.78 is 1.69. The summed E-state index contributed by atoms with van der Waals surface area (Å²) in [7, 11) is 0.